The summed E-state index contributed by atoms with van der Waals surface area (Å²) in [6.45, 7) is 7.14. The van der Waals surface area contributed by atoms with E-state index in [1.54, 1.807) is 0 Å². The molecule has 3 heteroatoms. The van der Waals surface area contributed by atoms with Crippen molar-refractivity contribution in [3.63, 3.8) is 0 Å². The van der Waals surface area contributed by atoms with Crippen molar-refractivity contribution in [3.8, 4) is 0 Å². The number of hydrogen-bond acceptors (Lipinski definition) is 1. The fraction of sp³-hybridized carbons (Fsp3) is 0.143. The SMILES string of the molecule is C[Si](C)(C)c1ccc(N(c2ccccc2)c2ccccc2Br)cc1. The molecule has 0 aliphatic carbocycles. The predicted octanol–water partition coefficient (Wildman–Crippen LogP) is 6.46. The summed E-state index contributed by atoms with van der Waals surface area (Å²) in [6.07, 6.45) is 0. The largest absolute Gasteiger partial charge is 0.309 e. The number of para-hydroxylation sites is 2. The molecule has 0 unspecified atom stereocenters. The van der Waals surface area contributed by atoms with Gasteiger partial charge in [-0.2, -0.15) is 0 Å². The van der Waals surface area contributed by atoms with Gasteiger partial charge >= 0.3 is 0 Å². The van der Waals surface area contributed by atoms with Crippen LogP contribution in [0.15, 0.2) is 83.3 Å². The highest BCUT2D eigenvalue weighted by Gasteiger charge is 2.18. The van der Waals surface area contributed by atoms with Gasteiger partial charge in [-0.15, -0.1) is 0 Å². The summed E-state index contributed by atoms with van der Waals surface area (Å²) in [4.78, 5) is 2.29. The van der Waals surface area contributed by atoms with Crippen molar-refractivity contribution in [3.05, 3.63) is 83.3 Å². The number of rotatable bonds is 4. The fourth-order valence-electron chi connectivity index (χ4n) is 2.75. The van der Waals surface area contributed by atoms with Gasteiger partial charge in [-0.05, 0) is 52.3 Å². The molecule has 0 saturated carbocycles. The van der Waals surface area contributed by atoms with Crippen molar-refractivity contribution in [1.29, 1.82) is 0 Å². The molecule has 122 valence electrons. The molecule has 0 amide bonds. The van der Waals surface area contributed by atoms with E-state index in [-0.39, 0.29) is 0 Å². The van der Waals surface area contributed by atoms with Gasteiger partial charge in [0.15, 0.2) is 0 Å². The zero-order chi connectivity index (χ0) is 17.2. The summed E-state index contributed by atoms with van der Waals surface area (Å²) in [5, 5.41) is 1.48. The maximum absolute atomic E-state index is 3.70. The van der Waals surface area contributed by atoms with E-state index in [9.17, 15) is 0 Å². The first-order valence-corrected chi connectivity index (χ1v) is 12.5. The Morgan fingerprint density at radius 2 is 1.21 bits per heavy atom. The highest BCUT2D eigenvalue weighted by atomic mass is 79.9. The van der Waals surface area contributed by atoms with Crippen LogP contribution in [0.4, 0.5) is 17.1 Å². The molecule has 0 saturated heterocycles. The Bertz CT molecular complexity index is 807. The fourth-order valence-corrected chi connectivity index (χ4v) is 4.38. The van der Waals surface area contributed by atoms with Crippen LogP contribution in [0.5, 0.6) is 0 Å². The third-order valence-electron chi connectivity index (χ3n) is 4.10. The third-order valence-corrected chi connectivity index (χ3v) is 6.84. The van der Waals surface area contributed by atoms with E-state index in [2.05, 4.69) is 113 Å². The van der Waals surface area contributed by atoms with E-state index >= 15 is 0 Å². The van der Waals surface area contributed by atoms with E-state index < -0.39 is 8.07 Å². The molecule has 3 aromatic carbocycles. The molecule has 3 rings (SSSR count). The molecule has 1 nitrogen and oxygen atoms in total. The topological polar surface area (TPSA) is 3.24 Å². The Morgan fingerprint density at radius 1 is 0.667 bits per heavy atom. The van der Waals surface area contributed by atoms with Crippen LogP contribution in [-0.4, -0.2) is 8.07 Å². The number of hydrogen-bond donors (Lipinski definition) is 0. The molecule has 3 aromatic rings. The zero-order valence-corrected chi connectivity index (χ0v) is 16.9. The molecule has 0 aromatic heterocycles. The van der Waals surface area contributed by atoms with Gasteiger partial charge in [0, 0.05) is 15.8 Å². The molecule has 0 atom stereocenters. The van der Waals surface area contributed by atoms with Crippen LogP contribution < -0.4 is 10.1 Å². The summed E-state index contributed by atoms with van der Waals surface area (Å²) < 4.78 is 1.09. The van der Waals surface area contributed by atoms with E-state index in [0.29, 0.717) is 0 Å². The van der Waals surface area contributed by atoms with Crippen molar-refractivity contribution in [2.75, 3.05) is 4.90 Å². The summed E-state index contributed by atoms with van der Waals surface area (Å²) >= 11 is 3.70. The Morgan fingerprint density at radius 3 is 1.79 bits per heavy atom. The lowest BCUT2D eigenvalue weighted by atomic mass is 10.2. The predicted molar refractivity (Wildman–Crippen MR) is 112 cm³/mol. The van der Waals surface area contributed by atoms with Gasteiger partial charge in [0.1, 0.15) is 0 Å². The van der Waals surface area contributed by atoms with Gasteiger partial charge in [0.25, 0.3) is 0 Å². The van der Waals surface area contributed by atoms with Crippen LogP contribution in [0, 0.1) is 0 Å². The van der Waals surface area contributed by atoms with E-state index in [0.717, 1.165) is 15.8 Å². The van der Waals surface area contributed by atoms with Crippen molar-refractivity contribution < 1.29 is 0 Å². The van der Waals surface area contributed by atoms with Gasteiger partial charge in [-0.1, -0.05) is 67.3 Å². The lowest BCUT2D eigenvalue weighted by molar-refractivity contribution is 1.27. The molecule has 0 N–H and O–H groups in total. The minimum atomic E-state index is -1.29. The van der Waals surface area contributed by atoms with Crippen molar-refractivity contribution >= 4 is 46.3 Å². The minimum absolute atomic E-state index is 1.09. The molecule has 0 spiro atoms. The van der Waals surface area contributed by atoms with Gasteiger partial charge in [0.05, 0.1) is 13.8 Å². The van der Waals surface area contributed by atoms with E-state index in [4.69, 9.17) is 0 Å². The minimum Gasteiger partial charge on any atom is -0.309 e. The Kier molecular flexibility index (Phi) is 4.92. The summed E-state index contributed by atoms with van der Waals surface area (Å²) in [5.41, 5.74) is 3.48. The van der Waals surface area contributed by atoms with Gasteiger partial charge in [-0.3, -0.25) is 0 Å². The lowest BCUT2D eigenvalue weighted by Crippen LogP contribution is -2.37. The lowest BCUT2D eigenvalue weighted by Gasteiger charge is -2.27. The van der Waals surface area contributed by atoms with Crippen LogP contribution in [0.2, 0.25) is 19.6 Å². The second-order valence-corrected chi connectivity index (χ2v) is 12.9. The Hall–Kier alpha value is -1.84. The van der Waals surface area contributed by atoms with Crippen LogP contribution >= 0.6 is 15.9 Å². The molecular formula is C21H22BrNSi. The summed E-state index contributed by atoms with van der Waals surface area (Å²) in [7, 11) is -1.29. The number of nitrogens with zero attached hydrogens (tertiary/aromatic N) is 1. The van der Waals surface area contributed by atoms with Crippen molar-refractivity contribution in [2.45, 2.75) is 19.6 Å². The van der Waals surface area contributed by atoms with Crippen molar-refractivity contribution in [1.82, 2.24) is 0 Å². The molecule has 0 fully saturated rings. The molecule has 0 bridgehead atoms. The van der Waals surface area contributed by atoms with E-state index in [1.807, 2.05) is 6.07 Å². The number of benzene rings is 3. The van der Waals surface area contributed by atoms with E-state index in [1.165, 1.54) is 10.9 Å². The molecular weight excluding hydrogens is 374 g/mol. The maximum Gasteiger partial charge on any atom is 0.0775 e. The van der Waals surface area contributed by atoms with Gasteiger partial charge < -0.3 is 4.90 Å². The second kappa shape index (κ2) is 6.95. The molecule has 24 heavy (non-hydrogen) atoms. The monoisotopic (exact) mass is 395 g/mol. The van der Waals surface area contributed by atoms with Crippen LogP contribution in [0.25, 0.3) is 0 Å². The molecule has 0 heterocycles. The Balaban J connectivity index is 2.11. The molecule has 0 aliphatic heterocycles. The standard InChI is InChI=1S/C21H22BrNSi/c1-24(2,3)19-15-13-18(14-16-19)23(17-9-5-4-6-10-17)21-12-8-7-11-20(21)22/h4-16H,1-3H3. The van der Waals surface area contributed by atoms with Gasteiger partial charge in [-0.25, -0.2) is 0 Å². The first kappa shape index (κ1) is 17.0. The number of halogens is 1. The number of anilines is 3. The Labute approximate surface area is 154 Å². The summed E-state index contributed by atoms with van der Waals surface area (Å²) in [5.74, 6) is 0. The average Bonchev–Trinajstić information content (AvgIpc) is 2.58. The first-order chi connectivity index (χ1) is 11.5. The first-order valence-electron chi connectivity index (χ1n) is 8.17. The van der Waals surface area contributed by atoms with Gasteiger partial charge in [0.2, 0.25) is 0 Å². The zero-order valence-electron chi connectivity index (χ0n) is 14.3. The van der Waals surface area contributed by atoms with Crippen LogP contribution in [0.1, 0.15) is 0 Å². The quantitative estimate of drug-likeness (QED) is 0.457. The van der Waals surface area contributed by atoms with Crippen molar-refractivity contribution in [2.24, 2.45) is 0 Å². The molecule has 0 aliphatic rings. The smallest absolute Gasteiger partial charge is 0.0775 e. The maximum atomic E-state index is 3.70. The molecule has 0 radical (unpaired) electrons. The van der Waals surface area contributed by atoms with Crippen LogP contribution in [-0.2, 0) is 0 Å². The highest BCUT2D eigenvalue weighted by molar-refractivity contribution is 9.10. The highest BCUT2D eigenvalue weighted by Crippen LogP contribution is 2.38. The second-order valence-electron chi connectivity index (χ2n) is 6.92. The average molecular weight is 396 g/mol. The third kappa shape index (κ3) is 3.63. The van der Waals surface area contributed by atoms with Crippen LogP contribution in [0.3, 0.4) is 0 Å². The summed E-state index contributed by atoms with van der Waals surface area (Å²) in [6, 6.07) is 27.9. The normalized spacial score (nSPS) is 11.3.